The van der Waals surface area contributed by atoms with Crippen molar-refractivity contribution < 1.29 is 23.9 Å². The summed E-state index contributed by atoms with van der Waals surface area (Å²) in [7, 11) is 3.06. The van der Waals surface area contributed by atoms with Gasteiger partial charge in [-0.3, -0.25) is 25.2 Å². The van der Waals surface area contributed by atoms with E-state index in [0.29, 0.717) is 18.0 Å². The number of benzene rings is 2. The molecule has 0 aliphatic carbocycles. The SMILES string of the molecule is COc1ccc(C=CC(=O)NNC(=O)CCC(=O)NCc2ccccc2)cc1OC. The molecule has 0 aromatic heterocycles. The third-order valence-corrected chi connectivity index (χ3v) is 4.07. The lowest BCUT2D eigenvalue weighted by atomic mass is 10.2. The van der Waals surface area contributed by atoms with Crippen LogP contribution in [0.3, 0.4) is 0 Å². The van der Waals surface area contributed by atoms with Gasteiger partial charge >= 0.3 is 0 Å². The van der Waals surface area contributed by atoms with E-state index < -0.39 is 11.8 Å². The Morgan fingerprint density at radius 2 is 1.57 bits per heavy atom. The van der Waals surface area contributed by atoms with E-state index in [9.17, 15) is 14.4 Å². The minimum Gasteiger partial charge on any atom is -0.493 e. The summed E-state index contributed by atoms with van der Waals surface area (Å²) in [6.07, 6.45) is 2.82. The van der Waals surface area contributed by atoms with E-state index in [1.165, 1.54) is 20.3 Å². The maximum atomic E-state index is 11.8. The van der Waals surface area contributed by atoms with Gasteiger partial charge in [0.05, 0.1) is 14.2 Å². The quantitative estimate of drug-likeness (QED) is 0.432. The normalized spacial score (nSPS) is 10.3. The summed E-state index contributed by atoms with van der Waals surface area (Å²) in [6.45, 7) is 0.402. The van der Waals surface area contributed by atoms with Gasteiger partial charge in [0.2, 0.25) is 11.8 Å². The molecule has 0 bridgehead atoms. The Morgan fingerprint density at radius 1 is 0.867 bits per heavy atom. The van der Waals surface area contributed by atoms with Crippen LogP contribution in [0.2, 0.25) is 0 Å². The summed E-state index contributed by atoms with van der Waals surface area (Å²) < 4.78 is 10.4. The van der Waals surface area contributed by atoms with Gasteiger partial charge in [0.1, 0.15) is 0 Å². The van der Waals surface area contributed by atoms with Crippen LogP contribution in [0.5, 0.6) is 11.5 Å². The number of amides is 3. The van der Waals surface area contributed by atoms with Crippen LogP contribution in [0.25, 0.3) is 6.08 Å². The molecular formula is C22H25N3O5. The number of hydrogen-bond donors (Lipinski definition) is 3. The Hall–Kier alpha value is -3.81. The van der Waals surface area contributed by atoms with Gasteiger partial charge in [-0.2, -0.15) is 0 Å². The molecule has 0 unspecified atom stereocenters. The van der Waals surface area contributed by atoms with Gasteiger partial charge < -0.3 is 14.8 Å². The predicted molar refractivity (Wildman–Crippen MR) is 112 cm³/mol. The van der Waals surface area contributed by atoms with Crippen LogP contribution in [0.15, 0.2) is 54.6 Å². The number of carbonyl (C=O) groups is 3. The standard InChI is InChI=1S/C22H25N3O5/c1-29-18-10-8-16(14-19(18)30-2)9-11-21(27)24-25-22(28)13-12-20(26)23-15-17-6-4-3-5-7-17/h3-11,14H,12-13,15H2,1-2H3,(H,23,26)(H,24,27)(H,25,28). The predicted octanol–water partition coefficient (Wildman–Crippen LogP) is 1.96. The second-order valence-electron chi connectivity index (χ2n) is 6.25. The topological polar surface area (TPSA) is 106 Å². The molecule has 2 rings (SSSR count). The van der Waals surface area contributed by atoms with E-state index in [2.05, 4.69) is 16.2 Å². The molecule has 0 aliphatic heterocycles. The molecule has 0 heterocycles. The highest BCUT2D eigenvalue weighted by Crippen LogP contribution is 2.27. The van der Waals surface area contributed by atoms with Gasteiger partial charge in [-0.15, -0.1) is 0 Å². The van der Waals surface area contributed by atoms with Crippen LogP contribution in [0, 0.1) is 0 Å². The first-order chi connectivity index (χ1) is 14.5. The highest BCUT2D eigenvalue weighted by atomic mass is 16.5. The third kappa shape index (κ3) is 7.67. The summed E-state index contributed by atoms with van der Waals surface area (Å²) in [5.74, 6) is -0.0869. The molecule has 0 radical (unpaired) electrons. The molecule has 0 spiro atoms. The highest BCUT2D eigenvalue weighted by Gasteiger charge is 2.08. The average Bonchev–Trinajstić information content (AvgIpc) is 2.79. The zero-order valence-electron chi connectivity index (χ0n) is 16.9. The first kappa shape index (κ1) is 22.5. The summed E-state index contributed by atoms with van der Waals surface area (Å²) in [5.41, 5.74) is 6.25. The molecule has 3 amide bonds. The summed E-state index contributed by atoms with van der Waals surface area (Å²) in [6, 6.07) is 14.7. The Labute approximate surface area is 175 Å². The Kier molecular flexibility index (Phi) is 8.92. The van der Waals surface area contributed by atoms with Crippen LogP contribution >= 0.6 is 0 Å². The highest BCUT2D eigenvalue weighted by molar-refractivity contribution is 5.93. The minimum atomic E-state index is -0.508. The van der Waals surface area contributed by atoms with Crippen LogP contribution in [0.4, 0.5) is 0 Å². The van der Waals surface area contributed by atoms with Crippen molar-refractivity contribution in [3.05, 3.63) is 65.7 Å². The fraction of sp³-hybridized carbons (Fsp3) is 0.227. The molecule has 158 valence electrons. The van der Waals surface area contributed by atoms with Gasteiger partial charge in [-0.05, 0) is 29.3 Å². The lowest BCUT2D eigenvalue weighted by Gasteiger charge is -2.08. The molecule has 3 N–H and O–H groups in total. The number of hydrogen-bond acceptors (Lipinski definition) is 5. The number of methoxy groups -OCH3 is 2. The van der Waals surface area contributed by atoms with Crippen LogP contribution in [-0.2, 0) is 20.9 Å². The molecule has 8 heteroatoms. The molecule has 30 heavy (non-hydrogen) atoms. The largest absolute Gasteiger partial charge is 0.493 e. The lowest BCUT2D eigenvalue weighted by molar-refractivity contribution is -0.129. The monoisotopic (exact) mass is 411 g/mol. The fourth-order valence-corrected chi connectivity index (χ4v) is 2.48. The number of hydrazine groups is 1. The lowest BCUT2D eigenvalue weighted by Crippen LogP contribution is -2.41. The fourth-order valence-electron chi connectivity index (χ4n) is 2.48. The summed E-state index contributed by atoms with van der Waals surface area (Å²) >= 11 is 0. The van der Waals surface area contributed by atoms with Gasteiger partial charge in [0, 0.05) is 25.5 Å². The second-order valence-corrected chi connectivity index (χ2v) is 6.25. The second kappa shape index (κ2) is 11.9. The molecule has 2 aromatic rings. The molecule has 0 saturated carbocycles. The number of carbonyl (C=O) groups excluding carboxylic acids is 3. The van der Waals surface area contributed by atoms with Crippen molar-refractivity contribution in [3.8, 4) is 11.5 Å². The van der Waals surface area contributed by atoms with E-state index >= 15 is 0 Å². The van der Waals surface area contributed by atoms with Crippen LogP contribution in [-0.4, -0.2) is 31.9 Å². The minimum absolute atomic E-state index is 0.0238. The van der Waals surface area contributed by atoms with Gasteiger partial charge in [0.15, 0.2) is 11.5 Å². The van der Waals surface area contributed by atoms with Crippen molar-refractivity contribution >= 4 is 23.8 Å². The van der Waals surface area contributed by atoms with E-state index in [4.69, 9.17) is 9.47 Å². The smallest absolute Gasteiger partial charge is 0.262 e. The van der Waals surface area contributed by atoms with Crippen molar-refractivity contribution in [2.75, 3.05) is 14.2 Å². The van der Waals surface area contributed by atoms with Crippen molar-refractivity contribution in [3.63, 3.8) is 0 Å². The molecule has 0 atom stereocenters. The molecular weight excluding hydrogens is 386 g/mol. The molecule has 8 nitrogen and oxygen atoms in total. The van der Waals surface area contributed by atoms with E-state index in [1.807, 2.05) is 30.3 Å². The Bertz CT molecular complexity index is 897. The van der Waals surface area contributed by atoms with Gasteiger partial charge in [0.25, 0.3) is 5.91 Å². The zero-order chi connectivity index (χ0) is 21.8. The van der Waals surface area contributed by atoms with Gasteiger partial charge in [-0.25, -0.2) is 0 Å². The summed E-state index contributed by atoms with van der Waals surface area (Å²) in [5, 5.41) is 2.74. The number of rotatable bonds is 9. The maximum Gasteiger partial charge on any atom is 0.262 e. The van der Waals surface area contributed by atoms with E-state index in [1.54, 1.807) is 24.3 Å². The van der Waals surface area contributed by atoms with Crippen molar-refractivity contribution in [2.24, 2.45) is 0 Å². The zero-order valence-corrected chi connectivity index (χ0v) is 16.9. The van der Waals surface area contributed by atoms with Crippen LogP contribution in [0.1, 0.15) is 24.0 Å². The molecule has 2 aromatic carbocycles. The molecule has 0 fully saturated rings. The average molecular weight is 411 g/mol. The first-order valence-electron chi connectivity index (χ1n) is 9.31. The molecule has 0 aliphatic rings. The van der Waals surface area contributed by atoms with Gasteiger partial charge in [-0.1, -0.05) is 36.4 Å². The van der Waals surface area contributed by atoms with Crippen molar-refractivity contribution in [1.82, 2.24) is 16.2 Å². The molecule has 0 saturated heterocycles. The maximum absolute atomic E-state index is 11.8. The number of ether oxygens (including phenoxy) is 2. The van der Waals surface area contributed by atoms with Crippen molar-refractivity contribution in [1.29, 1.82) is 0 Å². The first-order valence-corrected chi connectivity index (χ1v) is 9.31. The summed E-state index contributed by atoms with van der Waals surface area (Å²) in [4.78, 5) is 35.4. The Morgan fingerprint density at radius 3 is 2.27 bits per heavy atom. The van der Waals surface area contributed by atoms with E-state index in [-0.39, 0.29) is 18.7 Å². The number of nitrogens with one attached hydrogen (secondary N) is 3. The van der Waals surface area contributed by atoms with Crippen LogP contribution < -0.4 is 25.6 Å². The third-order valence-electron chi connectivity index (χ3n) is 4.07. The van der Waals surface area contributed by atoms with E-state index in [0.717, 1.165) is 11.1 Å². The Balaban J connectivity index is 1.69. The van der Waals surface area contributed by atoms with Crippen molar-refractivity contribution in [2.45, 2.75) is 19.4 Å².